The third-order valence-electron chi connectivity index (χ3n) is 2.87. The van der Waals surface area contributed by atoms with Gasteiger partial charge in [-0.3, -0.25) is 0 Å². The van der Waals surface area contributed by atoms with Gasteiger partial charge in [-0.05, 0) is 19.4 Å². The van der Waals surface area contributed by atoms with E-state index in [4.69, 9.17) is 14.3 Å². The predicted molar refractivity (Wildman–Crippen MR) is 56.3 cm³/mol. The summed E-state index contributed by atoms with van der Waals surface area (Å²) in [6.45, 7) is 3.27. The Balaban J connectivity index is 1.94. The fourth-order valence-corrected chi connectivity index (χ4v) is 1.90. The molecule has 5 nitrogen and oxygen atoms in total. The summed E-state index contributed by atoms with van der Waals surface area (Å²) in [5.41, 5.74) is 0.673. The lowest BCUT2D eigenvalue weighted by Gasteiger charge is -2.15. The van der Waals surface area contributed by atoms with Crippen LogP contribution in [0.3, 0.4) is 0 Å². The molecule has 0 aromatic carbocycles. The molecule has 0 bridgehead atoms. The van der Waals surface area contributed by atoms with E-state index in [9.17, 15) is 4.79 Å². The van der Waals surface area contributed by atoms with Crippen molar-refractivity contribution in [2.45, 2.75) is 32.0 Å². The molecule has 0 aliphatic carbocycles. The summed E-state index contributed by atoms with van der Waals surface area (Å²) in [5, 5.41) is 12.1. The first-order chi connectivity index (χ1) is 7.68. The number of carboxylic acid groups (broad SMARTS) is 1. The Kier molecular flexibility index (Phi) is 3.26. The van der Waals surface area contributed by atoms with E-state index in [0.29, 0.717) is 12.1 Å². The van der Waals surface area contributed by atoms with Crippen molar-refractivity contribution < 1.29 is 19.1 Å². The summed E-state index contributed by atoms with van der Waals surface area (Å²) in [7, 11) is 0. The largest absolute Gasteiger partial charge is 0.475 e. The molecule has 1 saturated heterocycles. The van der Waals surface area contributed by atoms with Crippen LogP contribution in [0, 0.1) is 0 Å². The van der Waals surface area contributed by atoms with Crippen LogP contribution in [0.5, 0.6) is 0 Å². The van der Waals surface area contributed by atoms with Crippen LogP contribution in [-0.2, 0) is 11.3 Å². The van der Waals surface area contributed by atoms with Gasteiger partial charge < -0.3 is 19.6 Å². The molecular weight excluding hydrogens is 210 g/mol. The molecule has 1 fully saturated rings. The first-order valence-corrected chi connectivity index (χ1v) is 5.33. The van der Waals surface area contributed by atoms with Crippen LogP contribution >= 0.6 is 0 Å². The lowest BCUT2D eigenvalue weighted by molar-refractivity contribution is 0.0660. The highest BCUT2D eigenvalue weighted by molar-refractivity contribution is 5.86. The molecule has 0 spiro atoms. The number of furan rings is 1. The zero-order valence-corrected chi connectivity index (χ0v) is 9.10. The number of rotatable bonds is 4. The minimum Gasteiger partial charge on any atom is -0.475 e. The first-order valence-electron chi connectivity index (χ1n) is 5.33. The van der Waals surface area contributed by atoms with E-state index in [1.54, 1.807) is 6.07 Å². The van der Waals surface area contributed by atoms with Crippen molar-refractivity contribution in [2.24, 2.45) is 0 Å². The fraction of sp³-hybridized carbons (Fsp3) is 0.545. The van der Waals surface area contributed by atoms with Crippen LogP contribution in [0.2, 0.25) is 0 Å². The average Bonchev–Trinajstić information content (AvgIpc) is 2.83. The van der Waals surface area contributed by atoms with Crippen molar-refractivity contribution in [1.82, 2.24) is 5.32 Å². The Labute approximate surface area is 93.4 Å². The van der Waals surface area contributed by atoms with Gasteiger partial charge in [-0.1, -0.05) is 0 Å². The average molecular weight is 225 g/mol. The smallest absolute Gasteiger partial charge is 0.372 e. The summed E-state index contributed by atoms with van der Waals surface area (Å²) in [4.78, 5) is 10.8. The summed E-state index contributed by atoms with van der Waals surface area (Å²) in [5.74, 6) is -1.02. The number of carboxylic acids is 1. The summed E-state index contributed by atoms with van der Waals surface area (Å²) < 4.78 is 10.3. The molecule has 1 aliphatic rings. The van der Waals surface area contributed by atoms with Crippen LogP contribution < -0.4 is 5.32 Å². The van der Waals surface area contributed by atoms with Gasteiger partial charge in [-0.15, -0.1) is 0 Å². The topological polar surface area (TPSA) is 71.7 Å². The number of aromatic carboxylic acids is 1. The summed E-state index contributed by atoms with van der Waals surface area (Å²) in [6, 6.07) is 1.97. The standard InChI is InChI=1S/C11H15NO4/c1-7-9(3-5-15-7)12-6-8-2-4-16-10(8)11(13)14/h2,4,7,9,12H,3,5-6H2,1H3,(H,13,14). The Morgan fingerprint density at radius 3 is 3.12 bits per heavy atom. The van der Waals surface area contributed by atoms with E-state index in [1.807, 2.05) is 6.92 Å². The predicted octanol–water partition coefficient (Wildman–Crippen LogP) is 1.24. The third-order valence-corrected chi connectivity index (χ3v) is 2.87. The lowest BCUT2D eigenvalue weighted by Crippen LogP contribution is -2.34. The lowest BCUT2D eigenvalue weighted by atomic mass is 10.1. The second-order valence-electron chi connectivity index (χ2n) is 3.93. The van der Waals surface area contributed by atoms with Crippen LogP contribution in [0.15, 0.2) is 16.7 Å². The SMILES string of the molecule is CC1OCCC1NCc1ccoc1C(=O)O. The second-order valence-corrected chi connectivity index (χ2v) is 3.93. The molecule has 2 heterocycles. The van der Waals surface area contributed by atoms with Crippen molar-refractivity contribution in [3.05, 3.63) is 23.7 Å². The molecule has 16 heavy (non-hydrogen) atoms. The highest BCUT2D eigenvalue weighted by atomic mass is 16.5. The monoisotopic (exact) mass is 225 g/mol. The van der Waals surface area contributed by atoms with Gasteiger partial charge in [0.25, 0.3) is 0 Å². The number of nitrogens with one attached hydrogen (secondary N) is 1. The van der Waals surface area contributed by atoms with Crippen LogP contribution in [0.25, 0.3) is 0 Å². The Morgan fingerprint density at radius 2 is 2.50 bits per heavy atom. The van der Waals surface area contributed by atoms with E-state index < -0.39 is 5.97 Å². The summed E-state index contributed by atoms with van der Waals surface area (Å²) >= 11 is 0. The normalized spacial score (nSPS) is 24.8. The molecule has 88 valence electrons. The molecule has 0 saturated carbocycles. The van der Waals surface area contributed by atoms with Gasteiger partial charge in [0, 0.05) is 24.8 Å². The molecule has 1 aromatic rings. The molecular formula is C11H15NO4. The van der Waals surface area contributed by atoms with Gasteiger partial charge in [0.1, 0.15) is 0 Å². The summed E-state index contributed by atoms with van der Waals surface area (Å²) in [6.07, 6.45) is 2.54. The highest BCUT2D eigenvalue weighted by Crippen LogP contribution is 2.15. The maximum atomic E-state index is 10.8. The van der Waals surface area contributed by atoms with Crippen LogP contribution in [0.1, 0.15) is 29.5 Å². The third kappa shape index (κ3) is 2.25. The van der Waals surface area contributed by atoms with Gasteiger partial charge >= 0.3 is 5.97 Å². The molecule has 2 N–H and O–H groups in total. The van der Waals surface area contributed by atoms with Gasteiger partial charge in [0.2, 0.25) is 5.76 Å². The van der Waals surface area contributed by atoms with Crippen molar-refractivity contribution in [2.75, 3.05) is 6.61 Å². The minimum absolute atomic E-state index is 0.0130. The van der Waals surface area contributed by atoms with E-state index in [2.05, 4.69) is 5.32 Å². The zero-order chi connectivity index (χ0) is 11.5. The number of hydrogen-bond donors (Lipinski definition) is 2. The van der Waals surface area contributed by atoms with Crippen LogP contribution in [-0.4, -0.2) is 29.8 Å². The van der Waals surface area contributed by atoms with Gasteiger partial charge in [0.15, 0.2) is 0 Å². The molecule has 0 radical (unpaired) electrons. The van der Waals surface area contributed by atoms with Crippen molar-refractivity contribution in [3.8, 4) is 0 Å². The second kappa shape index (κ2) is 4.67. The Hall–Kier alpha value is -1.33. The van der Waals surface area contributed by atoms with E-state index in [-0.39, 0.29) is 17.9 Å². The zero-order valence-electron chi connectivity index (χ0n) is 9.10. The maximum absolute atomic E-state index is 10.8. The molecule has 2 atom stereocenters. The number of hydrogen-bond acceptors (Lipinski definition) is 4. The van der Waals surface area contributed by atoms with E-state index in [1.165, 1.54) is 6.26 Å². The van der Waals surface area contributed by atoms with Crippen LogP contribution in [0.4, 0.5) is 0 Å². The number of carbonyl (C=O) groups is 1. The number of ether oxygens (including phenoxy) is 1. The molecule has 5 heteroatoms. The molecule has 2 unspecified atom stereocenters. The maximum Gasteiger partial charge on any atom is 0.372 e. The quantitative estimate of drug-likeness (QED) is 0.806. The molecule has 0 amide bonds. The van der Waals surface area contributed by atoms with E-state index >= 15 is 0 Å². The van der Waals surface area contributed by atoms with Crippen molar-refractivity contribution in [3.63, 3.8) is 0 Å². The van der Waals surface area contributed by atoms with Gasteiger partial charge in [-0.25, -0.2) is 4.79 Å². The Bertz CT molecular complexity index is 374. The van der Waals surface area contributed by atoms with Crippen molar-refractivity contribution in [1.29, 1.82) is 0 Å². The molecule has 1 aliphatic heterocycles. The molecule has 1 aromatic heterocycles. The highest BCUT2D eigenvalue weighted by Gasteiger charge is 2.24. The Morgan fingerprint density at radius 1 is 1.69 bits per heavy atom. The minimum atomic E-state index is -1.03. The van der Waals surface area contributed by atoms with Gasteiger partial charge in [0.05, 0.1) is 12.4 Å². The van der Waals surface area contributed by atoms with Gasteiger partial charge in [-0.2, -0.15) is 0 Å². The fourth-order valence-electron chi connectivity index (χ4n) is 1.90. The van der Waals surface area contributed by atoms with E-state index in [0.717, 1.165) is 13.0 Å². The first kappa shape index (κ1) is 11.2. The molecule has 2 rings (SSSR count). The van der Waals surface area contributed by atoms with Crippen molar-refractivity contribution >= 4 is 5.97 Å².